The second-order valence-electron chi connectivity index (χ2n) is 6.25. The van der Waals surface area contributed by atoms with Crippen LogP contribution in [0.15, 0.2) is 41.3 Å². The number of aryl methyl sites for hydroxylation is 2. The molecule has 0 bridgehead atoms. The lowest BCUT2D eigenvalue weighted by Gasteiger charge is -2.36. The summed E-state index contributed by atoms with van der Waals surface area (Å²) in [6.07, 6.45) is 1.69. The van der Waals surface area contributed by atoms with E-state index in [2.05, 4.69) is 51.4 Å². The Kier molecular flexibility index (Phi) is 5.15. The Labute approximate surface area is 142 Å². The van der Waals surface area contributed by atoms with Crippen LogP contribution in [0.3, 0.4) is 0 Å². The van der Waals surface area contributed by atoms with E-state index in [1.165, 1.54) is 15.9 Å². The summed E-state index contributed by atoms with van der Waals surface area (Å²) in [6, 6.07) is 10.2. The van der Waals surface area contributed by atoms with Crippen molar-refractivity contribution in [3.63, 3.8) is 0 Å². The lowest BCUT2D eigenvalue weighted by Crippen LogP contribution is -2.47. The van der Waals surface area contributed by atoms with Crippen molar-refractivity contribution in [3.05, 3.63) is 52.4 Å². The van der Waals surface area contributed by atoms with Crippen LogP contribution in [-0.4, -0.2) is 53.9 Å². The third-order valence-corrected chi connectivity index (χ3v) is 4.55. The smallest absolute Gasteiger partial charge is 0.268 e. The SMILES string of the molecule is Cc1ccccc1N1CCN(CCNc2cnn(C)c(=O)c2)CC1. The van der Waals surface area contributed by atoms with E-state index in [0.29, 0.717) is 0 Å². The Morgan fingerprint density at radius 1 is 1.17 bits per heavy atom. The molecule has 0 saturated carbocycles. The molecule has 2 aromatic rings. The molecule has 0 unspecified atom stereocenters. The quantitative estimate of drug-likeness (QED) is 0.898. The number of aromatic nitrogens is 2. The molecule has 1 aliphatic rings. The molecule has 1 N–H and O–H groups in total. The first kappa shape index (κ1) is 16.5. The topological polar surface area (TPSA) is 53.4 Å². The first-order valence-corrected chi connectivity index (χ1v) is 8.43. The number of para-hydroxylation sites is 1. The monoisotopic (exact) mass is 327 g/mol. The zero-order valence-electron chi connectivity index (χ0n) is 14.4. The average Bonchev–Trinajstić information content (AvgIpc) is 2.59. The number of nitrogens with one attached hydrogen (secondary N) is 1. The zero-order chi connectivity index (χ0) is 16.9. The molecule has 0 amide bonds. The van der Waals surface area contributed by atoms with Crippen LogP contribution in [0.4, 0.5) is 11.4 Å². The van der Waals surface area contributed by atoms with Gasteiger partial charge in [0.25, 0.3) is 5.56 Å². The predicted molar refractivity (Wildman–Crippen MR) is 97.8 cm³/mol. The van der Waals surface area contributed by atoms with Gasteiger partial charge in [-0.25, -0.2) is 4.68 Å². The number of rotatable bonds is 5. The molecule has 1 saturated heterocycles. The van der Waals surface area contributed by atoms with Crippen molar-refractivity contribution in [1.82, 2.24) is 14.7 Å². The van der Waals surface area contributed by atoms with E-state index in [4.69, 9.17) is 0 Å². The van der Waals surface area contributed by atoms with E-state index >= 15 is 0 Å². The van der Waals surface area contributed by atoms with Crippen molar-refractivity contribution in [2.75, 3.05) is 49.5 Å². The van der Waals surface area contributed by atoms with E-state index in [0.717, 1.165) is 45.0 Å². The first-order chi connectivity index (χ1) is 11.6. The predicted octanol–water partition coefficient (Wildman–Crippen LogP) is 1.32. The highest BCUT2D eigenvalue weighted by Gasteiger charge is 2.17. The normalized spacial score (nSPS) is 15.5. The largest absolute Gasteiger partial charge is 0.382 e. The third-order valence-electron chi connectivity index (χ3n) is 4.55. The van der Waals surface area contributed by atoms with Crippen LogP contribution < -0.4 is 15.8 Å². The molecule has 1 fully saturated rings. The maximum atomic E-state index is 11.5. The van der Waals surface area contributed by atoms with Crippen molar-refractivity contribution in [3.8, 4) is 0 Å². The first-order valence-electron chi connectivity index (χ1n) is 8.43. The molecule has 0 atom stereocenters. The lowest BCUT2D eigenvalue weighted by molar-refractivity contribution is 0.267. The Morgan fingerprint density at radius 3 is 2.62 bits per heavy atom. The minimum absolute atomic E-state index is 0.0909. The highest BCUT2D eigenvalue weighted by Crippen LogP contribution is 2.20. The minimum atomic E-state index is -0.0909. The van der Waals surface area contributed by atoms with Gasteiger partial charge in [0.2, 0.25) is 0 Å². The molecule has 0 aliphatic carbocycles. The number of hydrogen-bond acceptors (Lipinski definition) is 5. The summed E-state index contributed by atoms with van der Waals surface area (Å²) in [5.74, 6) is 0. The van der Waals surface area contributed by atoms with E-state index in [1.54, 1.807) is 19.3 Å². The molecule has 1 aromatic heterocycles. The van der Waals surface area contributed by atoms with Crippen LogP contribution in [-0.2, 0) is 7.05 Å². The number of anilines is 2. The minimum Gasteiger partial charge on any atom is -0.382 e. The van der Waals surface area contributed by atoms with Gasteiger partial charge in [0.1, 0.15) is 0 Å². The molecule has 24 heavy (non-hydrogen) atoms. The highest BCUT2D eigenvalue weighted by atomic mass is 16.1. The van der Waals surface area contributed by atoms with Crippen molar-refractivity contribution in [2.24, 2.45) is 7.05 Å². The van der Waals surface area contributed by atoms with E-state index < -0.39 is 0 Å². The van der Waals surface area contributed by atoms with Gasteiger partial charge in [-0.15, -0.1) is 0 Å². The van der Waals surface area contributed by atoms with Gasteiger partial charge in [-0.05, 0) is 18.6 Å². The van der Waals surface area contributed by atoms with Gasteiger partial charge in [-0.1, -0.05) is 18.2 Å². The number of nitrogens with zero attached hydrogens (tertiary/aromatic N) is 4. The van der Waals surface area contributed by atoms with Gasteiger partial charge in [-0.3, -0.25) is 9.69 Å². The number of piperazine rings is 1. The third kappa shape index (κ3) is 3.94. The van der Waals surface area contributed by atoms with Crippen LogP contribution in [0, 0.1) is 6.92 Å². The fraction of sp³-hybridized carbons (Fsp3) is 0.444. The van der Waals surface area contributed by atoms with Crippen LogP contribution in [0.5, 0.6) is 0 Å². The summed E-state index contributed by atoms with van der Waals surface area (Å²) in [4.78, 5) is 16.5. The summed E-state index contributed by atoms with van der Waals surface area (Å²) < 4.78 is 1.33. The second kappa shape index (κ2) is 7.49. The van der Waals surface area contributed by atoms with Crippen LogP contribution >= 0.6 is 0 Å². The second-order valence-corrected chi connectivity index (χ2v) is 6.25. The number of hydrogen-bond donors (Lipinski definition) is 1. The Balaban J connectivity index is 1.45. The van der Waals surface area contributed by atoms with Gasteiger partial charge in [0.05, 0.1) is 11.9 Å². The standard InChI is InChI=1S/C18H25N5O/c1-15-5-3-4-6-17(15)23-11-9-22(10-12-23)8-7-19-16-13-18(24)21(2)20-14-16/h3-6,13-14,19H,7-12H2,1-2H3. The maximum Gasteiger partial charge on any atom is 0.268 e. The van der Waals surface area contributed by atoms with Gasteiger partial charge in [0, 0.05) is 58.1 Å². The molecular formula is C18H25N5O. The average molecular weight is 327 g/mol. The lowest BCUT2D eigenvalue weighted by atomic mass is 10.1. The highest BCUT2D eigenvalue weighted by molar-refractivity contribution is 5.53. The van der Waals surface area contributed by atoms with Gasteiger partial charge < -0.3 is 10.2 Å². The van der Waals surface area contributed by atoms with E-state index in [9.17, 15) is 4.79 Å². The Morgan fingerprint density at radius 2 is 1.92 bits per heavy atom. The molecule has 2 heterocycles. The fourth-order valence-corrected chi connectivity index (χ4v) is 3.06. The van der Waals surface area contributed by atoms with Crippen LogP contribution in [0.1, 0.15) is 5.56 Å². The van der Waals surface area contributed by atoms with Crippen molar-refractivity contribution >= 4 is 11.4 Å². The van der Waals surface area contributed by atoms with E-state index in [-0.39, 0.29) is 5.56 Å². The number of benzene rings is 1. The zero-order valence-corrected chi connectivity index (χ0v) is 14.4. The molecule has 0 radical (unpaired) electrons. The van der Waals surface area contributed by atoms with Gasteiger partial charge >= 0.3 is 0 Å². The Hall–Kier alpha value is -2.34. The molecule has 6 nitrogen and oxygen atoms in total. The molecule has 1 aliphatic heterocycles. The fourth-order valence-electron chi connectivity index (χ4n) is 3.06. The summed E-state index contributed by atoms with van der Waals surface area (Å²) in [7, 11) is 1.65. The van der Waals surface area contributed by atoms with Gasteiger partial charge in [-0.2, -0.15) is 5.10 Å². The van der Waals surface area contributed by atoms with Crippen molar-refractivity contribution in [2.45, 2.75) is 6.92 Å². The van der Waals surface area contributed by atoms with Crippen LogP contribution in [0.25, 0.3) is 0 Å². The molecule has 6 heteroatoms. The van der Waals surface area contributed by atoms with Crippen molar-refractivity contribution < 1.29 is 0 Å². The summed E-state index contributed by atoms with van der Waals surface area (Å²) >= 11 is 0. The summed E-state index contributed by atoms with van der Waals surface area (Å²) in [6.45, 7) is 8.19. The molecule has 128 valence electrons. The van der Waals surface area contributed by atoms with Crippen LogP contribution in [0.2, 0.25) is 0 Å². The summed E-state index contributed by atoms with van der Waals surface area (Å²) in [5, 5.41) is 7.30. The molecule has 3 rings (SSSR count). The Bertz CT molecular complexity index is 734. The van der Waals surface area contributed by atoms with Crippen molar-refractivity contribution in [1.29, 1.82) is 0 Å². The molecular weight excluding hydrogens is 302 g/mol. The maximum absolute atomic E-state index is 11.5. The van der Waals surface area contributed by atoms with Gasteiger partial charge in [0.15, 0.2) is 0 Å². The molecule has 1 aromatic carbocycles. The van der Waals surface area contributed by atoms with E-state index in [1.807, 2.05) is 0 Å². The summed E-state index contributed by atoms with van der Waals surface area (Å²) in [5.41, 5.74) is 3.38. The molecule has 0 spiro atoms.